The molecule has 0 aliphatic carbocycles. The maximum absolute atomic E-state index is 12.2. The van der Waals surface area contributed by atoms with Crippen LogP contribution in [0.15, 0.2) is 18.2 Å². The van der Waals surface area contributed by atoms with Crippen molar-refractivity contribution in [2.75, 3.05) is 25.5 Å². The molecule has 6 heteroatoms. The summed E-state index contributed by atoms with van der Waals surface area (Å²) in [6, 6.07) is 5.64. The number of amides is 2. The van der Waals surface area contributed by atoms with Crippen LogP contribution in [-0.2, 0) is 11.2 Å². The van der Waals surface area contributed by atoms with Gasteiger partial charge >= 0.3 is 0 Å². The second-order valence-corrected chi connectivity index (χ2v) is 5.20. The number of carbonyl (C=O) groups is 2. The fourth-order valence-corrected chi connectivity index (χ4v) is 2.68. The lowest BCUT2D eigenvalue weighted by molar-refractivity contribution is -0.126. The van der Waals surface area contributed by atoms with Crippen molar-refractivity contribution in [3.63, 3.8) is 0 Å². The van der Waals surface area contributed by atoms with Crippen LogP contribution in [0.1, 0.15) is 22.3 Å². The Morgan fingerprint density at radius 2 is 2.25 bits per heavy atom. The Kier molecular flexibility index (Phi) is 4.18. The van der Waals surface area contributed by atoms with Gasteiger partial charge in [0.05, 0.1) is 6.04 Å². The van der Waals surface area contributed by atoms with Crippen molar-refractivity contribution >= 4 is 29.9 Å². The third-order valence-electron chi connectivity index (χ3n) is 3.75. The third kappa shape index (κ3) is 2.72. The first-order valence-corrected chi connectivity index (χ1v) is 6.55. The lowest BCUT2D eigenvalue weighted by Gasteiger charge is -2.13. The highest BCUT2D eigenvalue weighted by Crippen LogP contribution is 2.23. The number of fused-ring (bicyclic) bond motifs is 1. The minimum absolute atomic E-state index is 0. The fourth-order valence-electron chi connectivity index (χ4n) is 2.68. The van der Waals surface area contributed by atoms with Gasteiger partial charge in [0.1, 0.15) is 0 Å². The van der Waals surface area contributed by atoms with E-state index < -0.39 is 0 Å². The van der Waals surface area contributed by atoms with Crippen molar-refractivity contribution in [3.05, 3.63) is 29.3 Å². The summed E-state index contributed by atoms with van der Waals surface area (Å²) in [5, 5.41) is 6.19. The maximum atomic E-state index is 12.2. The molecule has 20 heavy (non-hydrogen) atoms. The van der Waals surface area contributed by atoms with E-state index in [2.05, 4.69) is 10.6 Å². The number of anilines is 1. The standard InChI is InChI=1S/C14H17N3O2.ClH/c1-17-8-11(7-13(17)18)16-14(19)10-2-3-12-9(6-10)4-5-15-12;/h2-3,6,11,15H,4-5,7-8H2,1H3,(H,16,19);1H. The van der Waals surface area contributed by atoms with Crippen LogP contribution in [-0.4, -0.2) is 42.9 Å². The Labute approximate surface area is 124 Å². The number of nitrogens with zero attached hydrogens (tertiary/aromatic N) is 1. The Morgan fingerprint density at radius 1 is 1.45 bits per heavy atom. The molecular weight excluding hydrogens is 278 g/mol. The van der Waals surface area contributed by atoms with Gasteiger partial charge in [-0.05, 0) is 30.2 Å². The number of nitrogens with one attached hydrogen (secondary N) is 2. The molecule has 5 nitrogen and oxygen atoms in total. The van der Waals surface area contributed by atoms with Crippen molar-refractivity contribution in [1.82, 2.24) is 10.2 Å². The van der Waals surface area contributed by atoms with Crippen molar-refractivity contribution in [2.24, 2.45) is 0 Å². The molecule has 2 aliphatic rings. The zero-order valence-electron chi connectivity index (χ0n) is 11.3. The Morgan fingerprint density at radius 3 is 2.95 bits per heavy atom. The molecule has 1 fully saturated rings. The van der Waals surface area contributed by atoms with Crippen molar-refractivity contribution in [2.45, 2.75) is 18.9 Å². The van der Waals surface area contributed by atoms with Gasteiger partial charge in [0.15, 0.2) is 0 Å². The van der Waals surface area contributed by atoms with Gasteiger partial charge in [0.25, 0.3) is 5.91 Å². The second kappa shape index (κ2) is 5.71. The zero-order chi connectivity index (χ0) is 13.4. The summed E-state index contributed by atoms with van der Waals surface area (Å²) in [5.74, 6) is -0.00810. The summed E-state index contributed by atoms with van der Waals surface area (Å²) in [6.07, 6.45) is 1.36. The molecule has 3 rings (SSSR count). The van der Waals surface area contributed by atoms with Crippen LogP contribution in [0, 0.1) is 0 Å². The molecule has 2 amide bonds. The van der Waals surface area contributed by atoms with Crippen LogP contribution < -0.4 is 10.6 Å². The lowest BCUT2D eigenvalue weighted by Crippen LogP contribution is -2.36. The smallest absolute Gasteiger partial charge is 0.251 e. The first kappa shape index (κ1) is 14.7. The largest absolute Gasteiger partial charge is 0.384 e. The summed E-state index contributed by atoms with van der Waals surface area (Å²) in [4.78, 5) is 25.2. The molecule has 1 atom stereocenters. The van der Waals surface area contributed by atoms with E-state index in [0.29, 0.717) is 18.5 Å². The summed E-state index contributed by atoms with van der Waals surface area (Å²) in [7, 11) is 1.76. The van der Waals surface area contributed by atoms with E-state index in [-0.39, 0.29) is 30.3 Å². The van der Waals surface area contributed by atoms with Gasteiger partial charge in [-0.1, -0.05) is 0 Å². The Balaban J connectivity index is 0.00000147. The molecule has 1 saturated heterocycles. The molecule has 1 aromatic rings. The first-order chi connectivity index (χ1) is 9.13. The molecule has 1 aromatic carbocycles. The zero-order valence-corrected chi connectivity index (χ0v) is 12.1. The van der Waals surface area contributed by atoms with Gasteiger partial charge in [0.2, 0.25) is 5.91 Å². The predicted molar refractivity (Wildman–Crippen MR) is 79.4 cm³/mol. The van der Waals surface area contributed by atoms with E-state index in [1.54, 1.807) is 11.9 Å². The Hall–Kier alpha value is -1.75. The normalized spacial score (nSPS) is 20.1. The molecule has 0 spiro atoms. The Bertz CT molecular complexity index is 547. The average molecular weight is 296 g/mol. The predicted octanol–water partition coefficient (Wildman–Crippen LogP) is 1.04. The van der Waals surface area contributed by atoms with Crippen molar-refractivity contribution in [3.8, 4) is 0 Å². The molecule has 0 radical (unpaired) electrons. The minimum Gasteiger partial charge on any atom is -0.384 e. The van der Waals surface area contributed by atoms with Gasteiger partial charge in [-0.2, -0.15) is 0 Å². The number of hydrogen-bond donors (Lipinski definition) is 2. The summed E-state index contributed by atoms with van der Waals surface area (Å²) < 4.78 is 0. The van der Waals surface area contributed by atoms with Gasteiger partial charge in [-0.25, -0.2) is 0 Å². The molecule has 0 saturated carbocycles. The lowest BCUT2D eigenvalue weighted by atomic mass is 10.1. The number of rotatable bonds is 2. The monoisotopic (exact) mass is 295 g/mol. The maximum Gasteiger partial charge on any atom is 0.251 e. The van der Waals surface area contributed by atoms with Gasteiger partial charge in [-0.3, -0.25) is 9.59 Å². The molecule has 0 aromatic heterocycles. The molecule has 2 heterocycles. The van der Waals surface area contributed by atoms with E-state index in [0.717, 1.165) is 18.7 Å². The van der Waals surface area contributed by atoms with E-state index >= 15 is 0 Å². The number of halogens is 1. The van der Waals surface area contributed by atoms with Crippen LogP contribution in [0.25, 0.3) is 0 Å². The van der Waals surface area contributed by atoms with Gasteiger partial charge < -0.3 is 15.5 Å². The van der Waals surface area contributed by atoms with Crippen molar-refractivity contribution < 1.29 is 9.59 Å². The van der Waals surface area contributed by atoms with E-state index in [9.17, 15) is 9.59 Å². The highest BCUT2D eigenvalue weighted by molar-refractivity contribution is 5.95. The second-order valence-electron chi connectivity index (χ2n) is 5.20. The quantitative estimate of drug-likeness (QED) is 0.857. The number of likely N-dealkylation sites (tertiary alicyclic amines) is 1. The number of carbonyl (C=O) groups excluding carboxylic acids is 2. The van der Waals surface area contributed by atoms with E-state index in [1.807, 2.05) is 18.2 Å². The van der Waals surface area contributed by atoms with Gasteiger partial charge in [0, 0.05) is 37.8 Å². The molecule has 108 valence electrons. The number of benzene rings is 1. The molecule has 2 N–H and O–H groups in total. The molecule has 0 bridgehead atoms. The summed E-state index contributed by atoms with van der Waals surface area (Å²) >= 11 is 0. The third-order valence-corrected chi connectivity index (χ3v) is 3.75. The first-order valence-electron chi connectivity index (χ1n) is 6.55. The topological polar surface area (TPSA) is 61.4 Å². The number of hydrogen-bond acceptors (Lipinski definition) is 3. The van der Waals surface area contributed by atoms with Crippen LogP contribution >= 0.6 is 12.4 Å². The van der Waals surface area contributed by atoms with Gasteiger partial charge in [-0.15, -0.1) is 12.4 Å². The van der Waals surface area contributed by atoms with Crippen LogP contribution in [0.4, 0.5) is 5.69 Å². The van der Waals surface area contributed by atoms with Crippen LogP contribution in [0.5, 0.6) is 0 Å². The summed E-state index contributed by atoms with van der Waals surface area (Å²) in [5.41, 5.74) is 2.98. The SMILES string of the molecule is CN1CC(NC(=O)c2ccc3c(c2)CCN3)CC1=O.Cl. The highest BCUT2D eigenvalue weighted by Gasteiger charge is 2.28. The van der Waals surface area contributed by atoms with E-state index in [1.165, 1.54) is 5.56 Å². The van der Waals surface area contributed by atoms with Crippen LogP contribution in [0.3, 0.4) is 0 Å². The summed E-state index contributed by atoms with van der Waals surface area (Å²) in [6.45, 7) is 1.53. The minimum atomic E-state index is -0.0946. The molecule has 2 aliphatic heterocycles. The average Bonchev–Trinajstić information content (AvgIpc) is 2.96. The molecule has 1 unspecified atom stereocenters. The van der Waals surface area contributed by atoms with Crippen molar-refractivity contribution in [1.29, 1.82) is 0 Å². The highest BCUT2D eigenvalue weighted by atomic mass is 35.5. The molecular formula is C14H18ClN3O2. The number of likely N-dealkylation sites (N-methyl/N-ethyl adjacent to an activating group) is 1. The van der Waals surface area contributed by atoms with Crippen LogP contribution in [0.2, 0.25) is 0 Å². The fraction of sp³-hybridized carbons (Fsp3) is 0.429. The van der Waals surface area contributed by atoms with E-state index in [4.69, 9.17) is 0 Å².